The van der Waals surface area contributed by atoms with Gasteiger partial charge in [0.2, 0.25) is 0 Å². The quantitative estimate of drug-likeness (QED) is 0.630. The Morgan fingerprint density at radius 3 is 2.39 bits per heavy atom. The minimum Gasteiger partial charge on any atom is -0.349 e. The summed E-state index contributed by atoms with van der Waals surface area (Å²) in [5, 5.41) is 5.60. The lowest BCUT2D eigenvalue weighted by Gasteiger charge is -2.21. The summed E-state index contributed by atoms with van der Waals surface area (Å²) >= 11 is 0. The van der Waals surface area contributed by atoms with Crippen LogP contribution in [0, 0.1) is 0 Å². The molecule has 0 aliphatic carbocycles. The van der Waals surface area contributed by atoms with Crippen molar-refractivity contribution in [2.75, 3.05) is 18.9 Å². The first-order valence-corrected chi connectivity index (χ1v) is 7.74. The number of hydrogen-bond donors (Lipinski definition) is 3. The summed E-state index contributed by atoms with van der Waals surface area (Å²) in [6, 6.07) is 6.49. The van der Waals surface area contributed by atoms with Gasteiger partial charge in [-0.3, -0.25) is 14.4 Å². The van der Waals surface area contributed by atoms with Gasteiger partial charge >= 0.3 is 0 Å². The van der Waals surface area contributed by atoms with Gasteiger partial charge in [-0.25, -0.2) is 0 Å². The van der Waals surface area contributed by atoms with Gasteiger partial charge in [-0.15, -0.1) is 0 Å². The molecule has 0 heterocycles. The van der Waals surface area contributed by atoms with Gasteiger partial charge in [0.1, 0.15) is 0 Å². The SMILES string of the molecule is CC(=O)c1cccc(NC(=O)[C@H](C)[NH+](C)CC(=O)NC(C)C)c1. The average molecular weight is 320 g/mol. The van der Waals surface area contributed by atoms with Crippen LogP contribution in [0.2, 0.25) is 0 Å². The molecule has 0 saturated carbocycles. The van der Waals surface area contributed by atoms with Crippen molar-refractivity contribution in [2.24, 2.45) is 0 Å². The van der Waals surface area contributed by atoms with Gasteiger partial charge in [0, 0.05) is 17.3 Å². The van der Waals surface area contributed by atoms with Crippen molar-refractivity contribution in [3.05, 3.63) is 29.8 Å². The van der Waals surface area contributed by atoms with Crippen molar-refractivity contribution >= 4 is 23.3 Å². The fourth-order valence-corrected chi connectivity index (χ4v) is 2.07. The van der Waals surface area contributed by atoms with Crippen molar-refractivity contribution in [3.63, 3.8) is 0 Å². The predicted molar refractivity (Wildman–Crippen MR) is 89.6 cm³/mol. The Morgan fingerprint density at radius 2 is 1.83 bits per heavy atom. The zero-order valence-corrected chi connectivity index (χ0v) is 14.4. The van der Waals surface area contributed by atoms with Crippen LogP contribution in [0.15, 0.2) is 24.3 Å². The lowest BCUT2D eigenvalue weighted by Crippen LogP contribution is -3.15. The van der Waals surface area contributed by atoms with Gasteiger partial charge in [0.25, 0.3) is 11.8 Å². The van der Waals surface area contributed by atoms with Crippen LogP contribution in [-0.2, 0) is 9.59 Å². The maximum Gasteiger partial charge on any atom is 0.282 e. The topological polar surface area (TPSA) is 79.7 Å². The third-order valence-corrected chi connectivity index (χ3v) is 3.56. The fraction of sp³-hybridized carbons (Fsp3) is 0.471. The zero-order chi connectivity index (χ0) is 17.6. The molecule has 0 fully saturated rings. The van der Waals surface area contributed by atoms with Crippen LogP contribution in [0.4, 0.5) is 5.69 Å². The first-order chi connectivity index (χ1) is 10.7. The van der Waals surface area contributed by atoms with Gasteiger partial charge < -0.3 is 15.5 Å². The molecule has 0 spiro atoms. The lowest BCUT2D eigenvalue weighted by atomic mass is 10.1. The highest BCUT2D eigenvalue weighted by Gasteiger charge is 2.24. The van der Waals surface area contributed by atoms with Gasteiger partial charge in [-0.05, 0) is 39.8 Å². The number of likely N-dealkylation sites (N-methyl/N-ethyl adjacent to an activating group) is 1. The lowest BCUT2D eigenvalue weighted by molar-refractivity contribution is -0.885. The molecule has 1 unspecified atom stereocenters. The highest BCUT2D eigenvalue weighted by Crippen LogP contribution is 2.11. The number of ketones is 1. The Hall–Kier alpha value is -2.21. The van der Waals surface area contributed by atoms with Crippen LogP contribution in [0.25, 0.3) is 0 Å². The maximum absolute atomic E-state index is 12.3. The molecule has 0 aliphatic rings. The smallest absolute Gasteiger partial charge is 0.282 e. The third-order valence-electron chi connectivity index (χ3n) is 3.56. The minimum absolute atomic E-state index is 0.0535. The van der Waals surface area contributed by atoms with E-state index < -0.39 is 6.04 Å². The predicted octanol–water partition coefficient (Wildman–Crippen LogP) is 0.256. The zero-order valence-electron chi connectivity index (χ0n) is 14.4. The van der Waals surface area contributed by atoms with Crippen LogP contribution in [0.1, 0.15) is 38.1 Å². The monoisotopic (exact) mass is 320 g/mol. The largest absolute Gasteiger partial charge is 0.349 e. The molecule has 2 amide bonds. The molecule has 0 aliphatic heterocycles. The van der Waals surface area contributed by atoms with E-state index in [1.54, 1.807) is 38.2 Å². The minimum atomic E-state index is -0.395. The van der Waals surface area contributed by atoms with E-state index in [0.717, 1.165) is 4.90 Å². The van der Waals surface area contributed by atoms with E-state index in [9.17, 15) is 14.4 Å². The summed E-state index contributed by atoms with van der Waals surface area (Å²) in [4.78, 5) is 36.2. The second-order valence-corrected chi connectivity index (χ2v) is 6.09. The molecule has 0 saturated heterocycles. The number of hydrogen-bond acceptors (Lipinski definition) is 3. The van der Waals surface area contributed by atoms with E-state index in [0.29, 0.717) is 11.3 Å². The Labute approximate surface area is 137 Å². The molecule has 0 aromatic heterocycles. The number of anilines is 1. The van der Waals surface area contributed by atoms with Gasteiger partial charge in [-0.1, -0.05) is 12.1 Å². The number of carbonyl (C=O) groups excluding carboxylic acids is 3. The van der Waals surface area contributed by atoms with Crippen LogP contribution in [-0.4, -0.2) is 43.3 Å². The Bertz CT molecular complexity index is 584. The van der Waals surface area contributed by atoms with Crippen LogP contribution in [0.5, 0.6) is 0 Å². The van der Waals surface area contributed by atoms with E-state index in [-0.39, 0.29) is 30.2 Å². The number of carbonyl (C=O) groups is 3. The summed E-state index contributed by atoms with van der Waals surface area (Å²) in [6.07, 6.45) is 0. The maximum atomic E-state index is 12.3. The van der Waals surface area contributed by atoms with E-state index in [1.807, 2.05) is 13.8 Å². The number of benzene rings is 1. The number of Topliss-reactive ketones (excluding diaryl/α,β-unsaturated/α-hetero) is 1. The summed E-state index contributed by atoms with van der Waals surface area (Å²) in [5.41, 5.74) is 1.13. The molecule has 0 bridgehead atoms. The van der Waals surface area contributed by atoms with E-state index in [2.05, 4.69) is 10.6 Å². The summed E-state index contributed by atoms with van der Waals surface area (Å²) < 4.78 is 0. The fourth-order valence-electron chi connectivity index (χ4n) is 2.07. The van der Waals surface area contributed by atoms with Crippen molar-refractivity contribution in [1.82, 2.24) is 5.32 Å². The van der Waals surface area contributed by atoms with Crippen LogP contribution >= 0.6 is 0 Å². The molecule has 0 radical (unpaired) electrons. The third kappa shape index (κ3) is 6.20. The normalized spacial score (nSPS) is 13.3. The first kappa shape index (κ1) is 18.8. The second kappa shape index (κ2) is 8.43. The number of nitrogens with one attached hydrogen (secondary N) is 3. The molecule has 3 N–H and O–H groups in total. The molecule has 1 aromatic carbocycles. The van der Waals surface area contributed by atoms with E-state index in [4.69, 9.17) is 0 Å². The summed E-state index contributed by atoms with van der Waals surface area (Å²) in [7, 11) is 1.80. The molecule has 2 atom stereocenters. The van der Waals surface area contributed by atoms with Crippen molar-refractivity contribution in [1.29, 1.82) is 0 Å². The van der Waals surface area contributed by atoms with E-state index >= 15 is 0 Å². The first-order valence-electron chi connectivity index (χ1n) is 7.74. The van der Waals surface area contributed by atoms with Gasteiger partial charge in [0.05, 0.1) is 7.05 Å². The molecular weight excluding hydrogens is 294 g/mol. The van der Waals surface area contributed by atoms with Crippen LogP contribution < -0.4 is 15.5 Å². The Morgan fingerprint density at radius 1 is 1.17 bits per heavy atom. The van der Waals surface area contributed by atoms with Crippen molar-refractivity contribution < 1.29 is 19.3 Å². The molecular formula is C17H26N3O3+. The average Bonchev–Trinajstić information content (AvgIpc) is 2.45. The van der Waals surface area contributed by atoms with Gasteiger partial charge in [0.15, 0.2) is 18.4 Å². The van der Waals surface area contributed by atoms with Gasteiger partial charge in [-0.2, -0.15) is 0 Å². The second-order valence-electron chi connectivity index (χ2n) is 6.09. The molecule has 23 heavy (non-hydrogen) atoms. The Balaban J connectivity index is 2.64. The number of amides is 2. The number of quaternary nitrogens is 1. The summed E-state index contributed by atoms with van der Waals surface area (Å²) in [6.45, 7) is 7.26. The molecule has 126 valence electrons. The van der Waals surface area contributed by atoms with Crippen molar-refractivity contribution in [3.8, 4) is 0 Å². The molecule has 1 rings (SSSR count). The highest BCUT2D eigenvalue weighted by molar-refractivity contribution is 5.98. The Kier molecular flexibility index (Phi) is 6.90. The standard InChI is InChI=1S/C17H25N3O3/c1-11(2)18-16(22)10-20(5)12(3)17(23)19-15-8-6-7-14(9-15)13(4)21/h6-9,11-12H,10H2,1-5H3,(H,18,22)(H,19,23)/p+1/t12-/m0/s1. The molecule has 6 nitrogen and oxygen atoms in total. The van der Waals surface area contributed by atoms with Crippen molar-refractivity contribution in [2.45, 2.75) is 39.8 Å². The van der Waals surface area contributed by atoms with Crippen LogP contribution in [0.3, 0.4) is 0 Å². The molecule has 1 aromatic rings. The highest BCUT2D eigenvalue weighted by atomic mass is 16.2. The summed E-state index contributed by atoms with van der Waals surface area (Å²) in [5.74, 6) is -0.335. The van der Waals surface area contributed by atoms with E-state index in [1.165, 1.54) is 6.92 Å². The number of rotatable bonds is 7. The molecule has 6 heteroatoms.